The number of carbonyl (C=O) groups is 1. The minimum absolute atomic E-state index is 0.142. The molecule has 8 nitrogen and oxygen atoms in total. The van der Waals surface area contributed by atoms with Crippen molar-refractivity contribution in [3.05, 3.63) is 60.8 Å². The second-order valence-corrected chi connectivity index (χ2v) is 9.27. The Morgan fingerprint density at radius 2 is 2.12 bits per heavy atom. The van der Waals surface area contributed by atoms with Gasteiger partial charge < -0.3 is 24.1 Å². The van der Waals surface area contributed by atoms with Crippen LogP contribution in [0.15, 0.2) is 55.0 Å². The average molecular weight is 457 g/mol. The van der Waals surface area contributed by atoms with E-state index in [1.54, 1.807) is 0 Å². The van der Waals surface area contributed by atoms with Crippen LogP contribution in [0.1, 0.15) is 31.6 Å². The van der Waals surface area contributed by atoms with Gasteiger partial charge in [-0.05, 0) is 36.6 Å². The van der Waals surface area contributed by atoms with Crippen LogP contribution in [0.25, 0.3) is 33.0 Å². The first-order valence-electron chi connectivity index (χ1n) is 11.9. The number of nitrogens with zero attached hydrogens (tertiary/aromatic N) is 5. The number of piperidine rings is 1. The molecule has 1 aliphatic rings. The van der Waals surface area contributed by atoms with Gasteiger partial charge >= 0.3 is 0 Å². The smallest absolute Gasteiger partial charge is 0.224 e. The lowest BCUT2D eigenvalue weighted by molar-refractivity contribution is -0.133. The summed E-state index contributed by atoms with van der Waals surface area (Å²) in [6, 6.07) is 12.2. The number of likely N-dealkylation sites (tertiary alicyclic amines) is 1. The van der Waals surface area contributed by atoms with Crippen molar-refractivity contribution < 1.29 is 9.90 Å². The minimum Gasteiger partial charge on any atom is -0.388 e. The number of fused-ring (bicyclic) bond motifs is 4. The summed E-state index contributed by atoms with van der Waals surface area (Å²) in [5.74, 6) is 1.20. The van der Waals surface area contributed by atoms with Crippen LogP contribution < -0.4 is 0 Å². The number of amides is 1. The molecule has 0 saturated carbocycles. The second-order valence-electron chi connectivity index (χ2n) is 9.27. The van der Waals surface area contributed by atoms with Crippen LogP contribution in [0.5, 0.6) is 0 Å². The summed E-state index contributed by atoms with van der Waals surface area (Å²) in [5.41, 5.74) is 3.86. The second kappa shape index (κ2) is 8.29. The fraction of sp³-hybridized carbons (Fsp3) is 0.346. The normalized spacial score (nSPS) is 18.9. The van der Waals surface area contributed by atoms with Gasteiger partial charge in [-0.25, -0.2) is 9.97 Å². The van der Waals surface area contributed by atoms with Gasteiger partial charge in [0.15, 0.2) is 0 Å². The summed E-state index contributed by atoms with van der Waals surface area (Å²) in [7, 11) is 0. The molecule has 2 N–H and O–H groups in total. The van der Waals surface area contributed by atoms with E-state index in [9.17, 15) is 9.90 Å². The lowest BCUT2D eigenvalue weighted by Crippen LogP contribution is -2.44. The molecule has 6 rings (SSSR count). The molecule has 1 amide bonds. The Bertz CT molecular complexity index is 1500. The quantitative estimate of drug-likeness (QED) is 0.420. The third-order valence-corrected chi connectivity index (χ3v) is 7.31. The highest BCUT2D eigenvalue weighted by Crippen LogP contribution is 2.34. The Labute approximate surface area is 196 Å². The zero-order chi connectivity index (χ0) is 23.2. The molecule has 0 spiro atoms. The lowest BCUT2D eigenvalue weighted by Gasteiger charge is -2.38. The maximum Gasteiger partial charge on any atom is 0.224 e. The molecule has 0 bridgehead atoms. The molecule has 34 heavy (non-hydrogen) atoms. The molecule has 0 aliphatic carbocycles. The Morgan fingerprint density at radius 3 is 3.00 bits per heavy atom. The number of imidazole rings is 1. The summed E-state index contributed by atoms with van der Waals surface area (Å²) in [6.45, 7) is 4.10. The Balaban J connectivity index is 1.24. The SMILES string of the molecule is C[C@@H]1CCN(C(=O)CCn2c(CO)nc3ccccc32)C[C@@H]1n1ccc2cnc3[nH]ccc3c21. The number of nitrogens with one attached hydrogen (secondary N) is 1. The number of pyridine rings is 1. The molecule has 1 fully saturated rings. The van der Waals surface area contributed by atoms with Crippen molar-refractivity contribution in [1.29, 1.82) is 0 Å². The van der Waals surface area contributed by atoms with Gasteiger partial charge in [-0.1, -0.05) is 19.1 Å². The summed E-state index contributed by atoms with van der Waals surface area (Å²) < 4.78 is 4.30. The van der Waals surface area contributed by atoms with Crippen LogP contribution in [0.3, 0.4) is 0 Å². The molecule has 5 heterocycles. The number of hydrogen-bond acceptors (Lipinski definition) is 4. The number of aryl methyl sites for hydroxylation is 1. The van der Waals surface area contributed by atoms with E-state index < -0.39 is 0 Å². The van der Waals surface area contributed by atoms with E-state index in [-0.39, 0.29) is 18.6 Å². The van der Waals surface area contributed by atoms with E-state index in [1.807, 2.05) is 46.1 Å². The van der Waals surface area contributed by atoms with Crippen molar-refractivity contribution in [2.75, 3.05) is 13.1 Å². The van der Waals surface area contributed by atoms with Crippen LogP contribution in [-0.2, 0) is 17.9 Å². The van der Waals surface area contributed by atoms with E-state index in [1.165, 1.54) is 5.52 Å². The number of aliphatic hydroxyl groups excluding tert-OH is 1. The van der Waals surface area contributed by atoms with Gasteiger partial charge in [-0.2, -0.15) is 0 Å². The molecule has 2 atom stereocenters. The van der Waals surface area contributed by atoms with Gasteiger partial charge in [-0.3, -0.25) is 4.79 Å². The first kappa shape index (κ1) is 20.9. The monoisotopic (exact) mass is 456 g/mol. The number of hydrogen-bond donors (Lipinski definition) is 2. The molecule has 174 valence electrons. The molecular weight excluding hydrogens is 428 g/mol. The average Bonchev–Trinajstić information content (AvgIpc) is 3.58. The standard InChI is InChI=1S/C26H28N6O2/c1-17-7-11-30(24(34)9-13-31-21-5-3-2-4-20(21)29-23(31)16-33)15-22(17)32-12-8-18-14-28-26-19(25(18)32)6-10-27-26/h2-6,8,10,12,14,17,22,33H,7,9,11,13,15-16H2,1H3,(H,27,28)/t17-,22+/m1/s1. The number of aromatic nitrogens is 5. The molecule has 1 saturated heterocycles. The molecule has 1 aromatic carbocycles. The van der Waals surface area contributed by atoms with Crippen molar-refractivity contribution in [3.63, 3.8) is 0 Å². The van der Waals surface area contributed by atoms with Crippen molar-refractivity contribution >= 4 is 38.9 Å². The fourth-order valence-electron chi connectivity index (χ4n) is 5.43. The molecular formula is C26H28N6O2. The van der Waals surface area contributed by atoms with Gasteiger partial charge in [0.1, 0.15) is 18.1 Å². The van der Waals surface area contributed by atoms with Gasteiger partial charge in [0.2, 0.25) is 5.91 Å². The maximum atomic E-state index is 13.3. The Morgan fingerprint density at radius 1 is 1.24 bits per heavy atom. The van der Waals surface area contributed by atoms with E-state index in [4.69, 9.17) is 0 Å². The third kappa shape index (κ3) is 3.37. The molecule has 0 radical (unpaired) electrons. The van der Waals surface area contributed by atoms with Gasteiger partial charge in [0.05, 0.1) is 22.6 Å². The highest BCUT2D eigenvalue weighted by atomic mass is 16.3. The van der Waals surface area contributed by atoms with E-state index >= 15 is 0 Å². The number of aromatic amines is 1. The third-order valence-electron chi connectivity index (χ3n) is 7.31. The number of para-hydroxylation sites is 2. The van der Waals surface area contributed by atoms with Crippen LogP contribution in [0.2, 0.25) is 0 Å². The lowest BCUT2D eigenvalue weighted by atomic mass is 9.92. The van der Waals surface area contributed by atoms with E-state index in [0.717, 1.165) is 40.4 Å². The molecule has 0 unspecified atom stereocenters. The van der Waals surface area contributed by atoms with Crippen molar-refractivity contribution in [2.45, 2.75) is 39.0 Å². The highest BCUT2D eigenvalue weighted by Gasteiger charge is 2.31. The zero-order valence-corrected chi connectivity index (χ0v) is 19.2. The first-order valence-corrected chi connectivity index (χ1v) is 11.9. The molecule has 1 aliphatic heterocycles. The van der Waals surface area contributed by atoms with Gasteiger partial charge in [0.25, 0.3) is 0 Å². The zero-order valence-electron chi connectivity index (χ0n) is 19.2. The summed E-state index contributed by atoms with van der Waals surface area (Å²) in [5, 5.41) is 12.0. The number of rotatable bonds is 5. The first-order chi connectivity index (χ1) is 16.6. The van der Waals surface area contributed by atoms with Crippen LogP contribution in [0.4, 0.5) is 0 Å². The van der Waals surface area contributed by atoms with Crippen molar-refractivity contribution in [1.82, 2.24) is 29.0 Å². The summed E-state index contributed by atoms with van der Waals surface area (Å²) in [4.78, 5) is 27.5. The number of carbonyl (C=O) groups excluding carboxylic acids is 1. The molecule has 4 aromatic heterocycles. The topological polar surface area (TPSA) is 92.0 Å². The number of H-pyrrole nitrogens is 1. The van der Waals surface area contributed by atoms with Crippen molar-refractivity contribution in [2.24, 2.45) is 5.92 Å². The van der Waals surface area contributed by atoms with Crippen LogP contribution in [0, 0.1) is 5.92 Å². The molecule has 8 heteroatoms. The van der Waals surface area contributed by atoms with Crippen LogP contribution in [-0.4, -0.2) is 53.1 Å². The summed E-state index contributed by atoms with van der Waals surface area (Å²) in [6.07, 6.45) is 7.32. The Hall–Kier alpha value is -3.65. The minimum atomic E-state index is -0.143. The fourth-order valence-corrected chi connectivity index (χ4v) is 5.43. The molecule has 5 aromatic rings. The van der Waals surface area contributed by atoms with E-state index in [2.05, 4.69) is 44.8 Å². The largest absolute Gasteiger partial charge is 0.388 e. The van der Waals surface area contributed by atoms with E-state index in [0.29, 0.717) is 31.3 Å². The number of aliphatic hydroxyl groups is 1. The predicted octanol–water partition coefficient (Wildman–Crippen LogP) is 3.86. The maximum absolute atomic E-state index is 13.3. The Kier molecular flexibility index (Phi) is 5.10. The number of benzene rings is 1. The van der Waals surface area contributed by atoms with Crippen molar-refractivity contribution in [3.8, 4) is 0 Å². The van der Waals surface area contributed by atoms with Gasteiger partial charge in [0, 0.05) is 55.4 Å². The predicted molar refractivity (Wildman–Crippen MR) is 131 cm³/mol. The van der Waals surface area contributed by atoms with Crippen LogP contribution >= 0.6 is 0 Å². The highest BCUT2D eigenvalue weighted by molar-refractivity contribution is 6.02. The van der Waals surface area contributed by atoms with Gasteiger partial charge in [-0.15, -0.1) is 0 Å². The summed E-state index contributed by atoms with van der Waals surface area (Å²) >= 11 is 0.